The van der Waals surface area contributed by atoms with Gasteiger partial charge in [0.25, 0.3) is 0 Å². The molecule has 1 atom stereocenters. The predicted molar refractivity (Wildman–Crippen MR) is 83.8 cm³/mol. The highest BCUT2D eigenvalue weighted by molar-refractivity contribution is 7.91. The average Bonchev–Trinajstić information content (AvgIpc) is 2.86. The monoisotopic (exact) mass is 323 g/mol. The van der Waals surface area contributed by atoms with Crippen molar-refractivity contribution in [3.05, 3.63) is 29.3 Å². The quantitative estimate of drug-likeness (QED) is 0.838. The fourth-order valence-electron chi connectivity index (χ4n) is 3.11. The number of hydrogen-bond donors (Lipinski definition) is 0. The molecule has 22 heavy (non-hydrogen) atoms. The molecule has 2 heterocycles. The van der Waals surface area contributed by atoms with Crippen molar-refractivity contribution in [2.75, 3.05) is 25.2 Å². The summed E-state index contributed by atoms with van der Waals surface area (Å²) in [5.74, 6) is 1.16. The van der Waals surface area contributed by atoms with E-state index in [0.29, 0.717) is 12.8 Å². The maximum atomic E-state index is 12.4. The molecule has 1 unspecified atom stereocenters. The van der Waals surface area contributed by atoms with Gasteiger partial charge in [0.05, 0.1) is 24.5 Å². The lowest BCUT2D eigenvalue weighted by Gasteiger charge is -2.24. The van der Waals surface area contributed by atoms with E-state index < -0.39 is 9.84 Å². The van der Waals surface area contributed by atoms with E-state index >= 15 is 0 Å². The van der Waals surface area contributed by atoms with Crippen molar-refractivity contribution in [1.29, 1.82) is 0 Å². The van der Waals surface area contributed by atoms with Crippen LogP contribution >= 0.6 is 0 Å². The molecule has 0 spiro atoms. The number of carbonyl (C=O) groups is 1. The molecule has 1 amide bonds. The molecule has 0 radical (unpaired) electrons. The Labute approximate surface area is 131 Å². The van der Waals surface area contributed by atoms with Crippen molar-refractivity contribution in [1.82, 2.24) is 4.90 Å². The fraction of sp³-hybridized carbons (Fsp3) is 0.562. The fourth-order valence-corrected chi connectivity index (χ4v) is 4.88. The molecule has 0 aliphatic carbocycles. The summed E-state index contributed by atoms with van der Waals surface area (Å²) in [5.41, 5.74) is 2.12. The first-order valence-corrected chi connectivity index (χ1v) is 9.47. The zero-order chi connectivity index (χ0) is 15.7. The number of ether oxygens (including phenoxy) is 1. The third-order valence-corrected chi connectivity index (χ3v) is 6.23. The van der Waals surface area contributed by atoms with Crippen LogP contribution in [-0.4, -0.2) is 50.4 Å². The Hall–Kier alpha value is -1.56. The maximum absolute atomic E-state index is 12.4. The van der Waals surface area contributed by atoms with E-state index in [-0.39, 0.29) is 23.5 Å². The Kier molecular flexibility index (Phi) is 4.12. The lowest BCUT2D eigenvalue weighted by Crippen LogP contribution is -2.38. The van der Waals surface area contributed by atoms with Crippen LogP contribution in [0.2, 0.25) is 0 Å². The van der Waals surface area contributed by atoms with Gasteiger partial charge in [0.2, 0.25) is 5.91 Å². The Bertz CT molecular complexity index is 683. The highest BCUT2D eigenvalue weighted by Crippen LogP contribution is 2.26. The van der Waals surface area contributed by atoms with E-state index in [1.165, 1.54) is 0 Å². The molecule has 6 heteroatoms. The van der Waals surface area contributed by atoms with Crippen molar-refractivity contribution >= 4 is 15.7 Å². The molecule has 120 valence electrons. The minimum atomic E-state index is -2.97. The number of rotatable bonds is 3. The van der Waals surface area contributed by atoms with Crippen molar-refractivity contribution in [2.45, 2.75) is 31.7 Å². The van der Waals surface area contributed by atoms with Crippen LogP contribution < -0.4 is 4.74 Å². The third-order valence-electron chi connectivity index (χ3n) is 4.48. The summed E-state index contributed by atoms with van der Waals surface area (Å²) in [5, 5.41) is 0. The Morgan fingerprint density at radius 2 is 2.23 bits per heavy atom. The van der Waals surface area contributed by atoms with Gasteiger partial charge in [-0.3, -0.25) is 4.79 Å². The minimum Gasteiger partial charge on any atom is -0.493 e. The molecule has 2 aliphatic rings. The summed E-state index contributed by atoms with van der Waals surface area (Å²) in [6.07, 6.45) is 2.83. The number of sulfone groups is 1. The van der Waals surface area contributed by atoms with Gasteiger partial charge in [0, 0.05) is 13.1 Å². The molecule has 0 bridgehead atoms. The molecule has 3 rings (SSSR count). The molecule has 1 aromatic rings. The van der Waals surface area contributed by atoms with Crippen LogP contribution in [0.25, 0.3) is 0 Å². The zero-order valence-corrected chi connectivity index (χ0v) is 13.6. The number of hydrogen-bond acceptors (Lipinski definition) is 4. The van der Waals surface area contributed by atoms with Gasteiger partial charge in [-0.1, -0.05) is 12.1 Å². The summed E-state index contributed by atoms with van der Waals surface area (Å²) < 4.78 is 28.6. The molecular weight excluding hydrogens is 302 g/mol. The van der Waals surface area contributed by atoms with Crippen molar-refractivity contribution in [2.24, 2.45) is 0 Å². The van der Waals surface area contributed by atoms with E-state index in [1.807, 2.05) is 18.2 Å². The normalized spacial score (nSPS) is 22.7. The number of likely N-dealkylation sites (N-methyl/N-ethyl adjacent to an activating group) is 1. The number of carbonyl (C=O) groups excluding carboxylic acids is 1. The van der Waals surface area contributed by atoms with Gasteiger partial charge in [-0.05, 0) is 36.5 Å². The molecule has 0 aromatic heterocycles. The van der Waals surface area contributed by atoms with Crippen LogP contribution in [0.1, 0.15) is 24.0 Å². The Morgan fingerprint density at radius 3 is 2.95 bits per heavy atom. The van der Waals surface area contributed by atoms with Gasteiger partial charge >= 0.3 is 0 Å². The van der Waals surface area contributed by atoms with E-state index in [1.54, 1.807) is 11.9 Å². The van der Waals surface area contributed by atoms with Gasteiger partial charge in [0.1, 0.15) is 5.75 Å². The molecule has 1 fully saturated rings. The molecule has 1 aromatic carbocycles. The molecule has 0 saturated carbocycles. The number of benzene rings is 1. The SMILES string of the molecule is CN(C(=O)Cc1ccc2c(c1)CCCO2)C1CCS(=O)(=O)C1. The Balaban J connectivity index is 1.66. The lowest BCUT2D eigenvalue weighted by molar-refractivity contribution is -0.130. The van der Waals surface area contributed by atoms with Gasteiger partial charge in [0.15, 0.2) is 9.84 Å². The lowest BCUT2D eigenvalue weighted by atomic mass is 10.0. The van der Waals surface area contributed by atoms with E-state index in [2.05, 4.69) is 0 Å². The van der Waals surface area contributed by atoms with Crippen molar-refractivity contribution in [3.8, 4) is 5.75 Å². The highest BCUT2D eigenvalue weighted by atomic mass is 32.2. The molecule has 0 N–H and O–H groups in total. The highest BCUT2D eigenvalue weighted by Gasteiger charge is 2.32. The average molecular weight is 323 g/mol. The van der Waals surface area contributed by atoms with E-state index in [9.17, 15) is 13.2 Å². The van der Waals surface area contributed by atoms with Crippen LogP contribution in [0, 0.1) is 0 Å². The standard InChI is InChI=1S/C16H21NO4S/c1-17(14-6-8-22(19,20)11-14)16(18)10-12-4-5-15-13(9-12)3-2-7-21-15/h4-5,9,14H,2-3,6-8,10-11H2,1H3. The first kappa shape index (κ1) is 15.3. The molecule has 5 nitrogen and oxygen atoms in total. The molecular formula is C16H21NO4S. The van der Waals surface area contributed by atoms with Crippen molar-refractivity contribution in [3.63, 3.8) is 0 Å². The number of aryl methyl sites for hydroxylation is 1. The van der Waals surface area contributed by atoms with Crippen LogP contribution in [0.15, 0.2) is 18.2 Å². The van der Waals surface area contributed by atoms with Crippen LogP contribution in [0.3, 0.4) is 0 Å². The van der Waals surface area contributed by atoms with Crippen LogP contribution in [0.4, 0.5) is 0 Å². The molecule has 2 aliphatic heterocycles. The second-order valence-corrected chi connectivity index (χ2v) is 8.36. The smallest absolute Gasteiger partial charge is 0.227 e. The number of nitrogens with zero attached hydrogens (tertiary/aromatic N) is 1. The summed E-state index contributed by atoms with van der Waals surface area (Å²) >= 11 is 0. The number of amides is 1. The van der Waals surface area contributed by atoms with Gasteiger partial charge < -0.3 is 9.64 Å². The van der Waals surface area contributed by atoms with Crippen molar-refractivity contribution < 1.29 is 17.9 Å². The summed E-state index contributed by atoms with van der Waals surface area (Å²) in [6, 6.07) is 5.70. The topological polar surface area (TPSA) is 63.7 Å². The largest absolute Gasteiger partial charge is 0.493 e. The Morgan fingerprint density at radius 1 is 1.41 bits per heavy atom. The predicted octanol–water partition coefficient (Wildman–Crippen LogP) is 1.20. The number of fused-ring (bicyclic) bond motifs is 1. The molecule has 1 saturated heterocycles. The van der Waals surface area contributed by atoms with Crippen LogP contribution in [0.5, 0.6) is 5.75 Å². The van der Waals surface area contributed by atoms with E-state index in [0.717, 1.165) is 36.3 Å². The second kappa shape index (κ2) is 5.91. The first-order valence-electron chi connectivity index (χ1n) is 7.65. The van der Waals surface area contributed by atoms with Gasteiger partial charge in [-0.15, -0.1) is 0 Å². The first-order chi connectivity index (χ1) is 10.4. The minimum absolute atomic E-state index is 0.0289. The second-order valence-electron chi connectivity index (χ2n) is 6.13. The summed E-state index contributed by atoms with van der Waals surface area (Å²) in [6.45, 7) is 0.754. The third kappa shape index (κ3) is 3.27. The maximum Gasteiger partial charge on any atom is 0.227 e. The van der Waals surface area contributed by atoms with Gasteiger partial charge in [-0.25, -0.2) is 8.42 Å². The van der Waals surface area contributed by atoms with E-state index in [4.69, 9.17) is 4.74 Å². The van der Waals surface area contributed by atoms with Crippen LogP contribution in [-0.2, 0) is 27.5 Å². The van der Waals surface area contributed by atoms with Gasteiger partial charge in [-0.2, -0.15) is 0 Å². The summed E-state index contributed by atoms with van der Waals surface area (Å²) in [4.78, 5) is 14.0. The summed E-state index contributed by atoms with van der Waals surface area (Å²) in [7, 11) is -1.27. The zero-order valence-electron chi connectivity index (χ0n) is 12.7.